The Labute approximate surface area is 118 Å². The maximum absolute atomic E-state index is 13.1. The minimum Gasteiger partial charge on any atom is -0.508 e. The molecule has 0 spiro atoms. The van der Waals surface area contributed by atoms with Gasteiger partial charge in [-0.25, -0.2) is 4.39 Å². The molecule has 2 nitrogen and oxygen atoms in total. The number of hydrogen-bond acceptors (Lipinski definition) is 2. The second-order valence-electron chi connectivity index (χ2n) is 5.88. The van der Waals surface area contributed by atoms with Crippen LogP contribution in [0.2, 0.25) is 0 Å². The zero-order valence-electron chi connectivity index (χ0n) is 12.0. The van der Waals surface area contributed by atoms with Crippen LogP contribution in [-0.4, -0.2) is 5.11 Å². The van der Waals surface area contributed by atoms with E-state index in [-0.39, 0.29) is 11.2 Å². The standard InChI is InChI=1S/C17H19FO2/c1-17(2,3)13-6-4-12(5-7-13)11-20-16-9-14(18)8-15(19)10-16/h4-10,19H,11H2,1-3H3. The molecular weight excluding hydrogens is 255 g/mol. The average Bonchev–Trinajstić information content (AvgIpc) is 2.35. The molecule has 0 bridgehead atoms. The fraction of sp³-hybridized carbons (Fsp3) is 0.294. The van der Waals surface area contributed by atoms with E-state index in [9.17, 15) is 9.50 Å². The van der Waals surface area contributed by atoms with Gasteiger partial charge in [0.1, 0.15) is 23.9 Å². The molecule has 0 heterocycles. The molecule has 0 aliphatic heterocycles. The van der Waals surface area contributed by atoms with E-state index in [4.69, 9.17) is 4.74 Å². The third-order valence-electron chi connectivity index (χ3n) is 3.08. The maximum atomic E-state index is 13.1. The van der Waals surface area contributed by atoms with Gasteiger partial charge in [0.25, 0.3) is 0 Å². The van der Waals surface area contributed by atoms with Crippen molar-refractivity contribution in [1.82, 2.24) is 0 Å². The van der Waals surface area contributed by atoms with E-state index in [0.29, 0.717) is 12.4 Å². The van der Waals surface area contributed by atoms with Gasteiger partial charge in [-0.3, -0.25) is 0 Å². The van der Waals surface area contributed by atoms with Crippen molar-refractivity contribution >= 4 is 0 Å². The summed E-state index contributed by atoms with van der Waals surface area (Å²) in [5, 5.41) is 9.30. The SMILES string of the molecule is CC(C)(C)c1ccc(COc2cc(O)cc(F)c2)cc1. The first-order valence-corrected chi connectivity index (χ1v) is 6.56. The maximum Gasteiger partial charge on any atom is 0.130 e. The van der Waals surface area contributed by atoms with Crippen molar-refractivity contribution in [3.63, 3.8) is 0 Å². The molecule has 0 unspecified atom stereocenters. The van der Waals surface area contributed by atoms with Gasteiger partial charge in [-0.15, -0.1) is 0 Å². The van der Waals surface area contributed by atoms with Crippen LogP contribution in [-0.2, 0) is 12.0 Å². The van der Waals surface area contributed by atoms with Crippen LogP contribution >= 0.6 is 0 Å². The Hall–Kier alpha value is -2.03. The van der Waals surface area contributed by atoms with Crippen molar-refractivity contribution in [1.29, 1.82) is 0 Å². The van der Waals surface area contributed by atoms with Crippen LogP contribution in [0.1, 0.15) is 31.9 Å². The lowest BCUT2D eigenvalue weighted by Crippen LogP contribution is -2.10. The van der Waals surface area contributed by atoms with Gasteiger partial charge in [-0.05, 0) is 16.5 Å². The monoisotopic (exact) mass is 274 g/mol. The van der Waals surface area contributed by atoms with E-state index in [1.807, 2.05) is 12.1 Å². The summed E-state index contributed by atoms with van der Waals surface area (Å²) in [6.07, 6.45) is 0. The zero-order valence-corrected chi connectivity index (χ0v) is 12.0. The highest BCUT2D eigenvalue weighted by Crippen LogP contribution is 2.24. The van der Waals surface area contributed by atoms with Gasteiger partial charge in [0.2, 0.25) is 0 Å². The molecule has 0 aliphatic carbocycles. The highest BCUT2D eigenvalue weighted by Gasteiger charge is 2.12. The quantitative estimate of drug-likeness (QED) is 0.898. The van der Waals surface area contributed by atoms with E-state index < -0.39 is 5.82 Å². The molecule has 0 fully saturated rings. The number of hydrogen-bond donors (Lipinski definition) is 1. The predicted octanol–water partition coefficient (Wildman–Crippen LogP) is 4.41. The normalized spacial score (nSPS) is 11.4. The van der Waals surface area contributed by atoms with Crippen LogP contribution in [0.4, 0.5) is 4.39 Å². The van der Waals surface area contributed by atoms with Crippen LogP contribution in [0.15, 0.2) is 42.5 Å². The first kappa shape index (κ1) is 14.4. The highest BCUT2D eigenvalue weighted by atomic mass is 19.1. The molecule has 2 aromatic carbocycles. The van der Waals surface area contributed by atoms with Crippen molar-refractivity contribution in [2.24, 2.45) is 0 Å². The summed E-state index contributed by atoms with van der Waals surface area (Å²) < 4.78 is 18.6. The van der Waals surface area contributed by atoms with Gasteiger partial charge in [-0.2, -0.15) is 0 Å². The molecule has 1 N–H and O–H groups in total. The molecule has 0 amide bonds. The van der Waals surface area contributed by atoms with Crippen LogP contribution in [0, 0.1) is 5.82 Å². The van der Waals surface area contributed by atoms with Crippen LogP contribution in [0.5, 0.6) is 11.5 Å². The Morgan fingerprint density at radius 1 is 1.05 bits per heavy atom. The number of aromatic hydroxyl groups is 1. The van der Waals surface area contributed by atoms with E-state index in [1.165, 1.54) is 17.7 Å². The topological polar surface area (TPSA) is 29.5 Å². The summed E-state index contributed by atoms with van der Waals surface area (Å²) in [7, 11) is 0. The largest absolute Gasteiger partial charge is 0.508 e. The third-order valence-corrected chi connectivity index (χ3v) is 3.08. The lowest BCUT2D eigenvalue weighted by atomic mass is 9.87. The van der Waals surface area contributed by atoms with Gasteiger partial charge >= 0.3 is 0 Å². The Morgan fingerprint density at radius 2 is 1.70 bits per heavy atom. The molecule has 0 saturated heterocycles. The van der Waals surface area contributed by atoms with E-state index >= 15 is 0 Å². The number of rotatable bonds is 3. The molecule has 0 radical (unpaired) electrons. The first-order chi connectivity index (χ1) is 9.34. The Balaban J connectivity index is 2.04. The summed E-state index contributed by atoms with van der Waals surface area (Å²) >= 11 is 0. The van der Waals surface area contributed by atoms with Crippen LogP contribution in [0.25, 0.3) is 0 Å². The minimum atomic E-state index is -0.511. The van der Waals surface area contributed by atoms with Crippen LogP contribution in [0.3, 0.4) is 0 Å². The summed E-state index contributed by atoms with van der Waals surface area (Å²) in [6, 6.07) is 11.8. The minimum absolute atomic E-state index is 0.119. The van der Waals surface area contributed by atoms with Gasteiger partial charge in [0.05, 0.1) is 0 Å². The molecule has 2 rings (SSSR count). The van der Waals surface area contributed by atoms with Crippen molar-refractivity contribution in [3.8, 4) is 11.5 Å². The molecule has 0 aromatic heterocycles. The number of benzene rings is 2. The molecule has 2 aromatic rings. The van der Waals surface area contributed by atoms with Gasteiger partial charge in [0, 0.05) is 18.2 Å². The van der Waals surface area contributed by atoms with Crippen molar-refractivity contribution in [2.45, 2.75) is 32.8 Å². The first-order valence-electron chi connectivity index (χ1n) is 6.56. The predicted molar refractivity (Wildman–Crippen MR) is 77.5 cm³/mol. The molecule has 0 saturated carbocycles. The van der Waals surface area contributed by atoms with E-state index in [1.54, 1.807) is 0 Å². The van der Waals surface area contributed by atoms with Gasteiger partial charge in [-0.1, -0.05) is 45.0 Å². The lowest BCUT2D eigenvalue weighted by Gasteiger charge is -2.19. The summed E-state index contributed by atoms with van der Waals surface area (Å²) in [4.78, 5) is 0. The Bertz CT molecular complexity index is 563. The second kappa shape index (κ2) is 5.53. The second-order valence-corrected chi connectivity index (χ2v) is 5.88. The highest BCUT2D eigenvalue weighted by molar-refractivity contribution is 5.33. The number of halogens is 1. The molecule has 20 heavy (non-hydrogen) atoms. The Kier molecular flexibility index (Phi) is 3.98. The van der Waals surface area contributed by atoms with Crippen molar-refractivity contribution in [3.05, 3.63) is 59.4 Å². The third kappa shape index (κ3) is 3.73. The Morgan fingerprint density at radius 3 is 2.25 bits per heavy atom. The van der Waals surface area contributed by atoms with Crippen LogP contribution < -0.4 is 4.74 Å². The zero-order chi connectivity index (χ0) is 14.8. The van der Waals surface area contributed by atoms with Crippen molar-refractivity contribution < 1.29 is 14.2 Å². The molecular formula is C17H19FO2. The molecule has 106 valence electrons. The molecule has 3 heteroatoms. The summed E-state index contributed by atoms with van der Waals surface area (Å²) in [6.45, 7) is 6.82. The van der Waals surface area contributed by atoms with Gasteiger partial charge in [0.15, 0.2) is 0 Å². The average molecular weight is 274 g/mol. The van der Waals surface area contributed by atoms with Gasteiger partial charge < -0.3 is 9.84 Å². The molecule has 0 aliphatic rings. The van der Waals surface area contributed by atoms with E-state index in [0.717, 1.165) is 11.6 Å². The fourth-order valence-corrected chi connectivity index (χ4v) is 1.90. The number of phenols is 1. The van der Waals surface area contributed by atoms with Crippen molar-refractivity contribution in [2.75, 3.05) is 0 Å². The lowest BCUT2D eigenvalue weighted by molar-refractivity contribution is 0.302. The van der Waals surface area contributed by atoms with E-state index in [2.05, 4.69) is 32.9 Å². The summed E-state index contributed by atoms with van der Waals surface area (Å²) in [5.41, 5.74) is 2.37. The smallest absolute Gasteiger partial charge is 0.130 e. The number of phenolic OH excluding ortho intramolecular Hbond substituents is 1. The fourth-order valence-electron chi connectivity index (χ4n) is 1.90. The molecule has 0 atom stereocenters. The summed E-state index contributed by atoms with van der Waals surface area (Å²) in [5.74, 6) is -0.325. The number of ether oxygens (including phenoxy) is 1.